The maximum atomic E-state index is 13.4. The third kappa shape index (κ3) is 5.44. The molecule has 0 saturated heterocycles. The van der Waals surface area contributed by atoms with Crippen molar-refractivity contribution < 1.29 is 9.59 Å². The van der Waals surface area contributed by atoms with Crippen LogP contribution >= 0.6 is 11.3 Å². The third-order valence-electron chi connectivity index (χ3n) is 7.63. The van der Waals surface area contributed by atoms with Gasteiger partial charge in [0, 0.05) is 48.1 Å². The van der Waals surface area contributed by atoms with Gasteiger partial charge in [-0.1, -0.05) is 60.7 Å². The minimum atomic E-state index is -0.376. The normalized spacial score (nSPS) is 13.3. The predicted molar refractivity (Wildman–Crippen MR) is 165 cm³/mol. The summed E-state index contributed by atoms with van der Waals surface area (Å²) < 4.78 is 0. The number of fused-ring (bicyclic) bond motifs is 3. The van der Waals surface area contributed by atoms with E-state index in [-0.39, 0.29) is 29.8 Å². The number of benzene rings is 3. The fourth-order valence-corrected chi connectivity index (χ4v) is 6.58. The Bertz CT molecular complexity index is 1930. The van der Waals surface area contributed by atoms with Gasteiger partial charge >= 0.3 is 0 Å². The van der Waals surface area contributed by atoms with Crippen molar-refractivity contribution in [2.75, 3.05) is 18.4 Å². The third-order valence-corrected chi connectivity index (χ3v) is 8.72. The topological polar surface area (TPSA) is 104 Å². The molecule has 1 amide bonds. The summed E-state index contributed by atoms with van der Waals surface area (Å²) in [6.45, 7) is 2.86. The van der Waals surface area contributed by atoms with Crippen LogP contribution in [0.4, 0.5) is 5.95 Å². The first-order valence-electron chi connectivity index (χ1n) is 14.0. The van der Waals surface area contributed by atoms with Gasteiger partial charge in [-0.2, -0.15) is 0 Å². The molecule has 8 nitrogen and oxygen atoms in total. The first kappa shape index (κ1) is 26.2. The summed E-state index contributed by atoms with van der Waals surface area (Å²) in [7, 11) is 0. The summed E-state index contributed by atoms with van der Waals surface area (Å²) in [6.07, 6.45) is 3.82. The van der Waals surface area contributed by atoms with Crippen molar-refractivity contribution >= 4 is 50.8 Å². The number of anilines is 1. The molecule has 0 atom stereocenters. The number of aromatic amines is 1. The summed E-state index contributed by atoms with van der Waals surface area (Å²) in [5.41, 5.74) is 4.46. The van der Waals surface area contributed by atoms with Crippen molar-refractivity contribution in [2.24, 2.45) is 0 Å². The van der Waals surface area contributed by atoms with Crippen LogP contribution in [-0.4, -0.2) is 49.6 Å². The molecule has 0 spiro atoms. The van der Waals surface area contributed by atoms with E-state index in [1.165, 1.54) is 10.4 Å². The molecule has 7 rings (SSSR count). The summed E-state index contributed by atoms with van der Waals surface area (Å²) in [5, 5.41) is 5.51. The number of H-pyrrole nitrogens is 1. The average molecular weight is 573 g/mol. The predicted octanol–water partition coefficient (Wildman–Crippen LogP) is 5.85. The molecule has 6 aromatic rings. The van der Waals surface area contributed by atoms with Crippen molar-refractivity contribution in [3.63, 3.8) is 0 Å². The van der Waals surface area contributed by atoms with Crippen molar-refractivity contribution in [2.45, 2.75) is 25.8 Å². The van der Waals surface area contributed by atoms with Crippen LogP contribution in [0.2, 0.25) is 0 Å². The number of hydrogen-bond donors (Lipinski definition) is 2. The number of carbonyl (C=O) groups is 2. The number of hydrogen-bond acceptors (Lipinski definition) is 7. The summed E-state index contributed by atoms with van der Waals surface area (Å²) >= 11 is 1.64. The molecule has 1 aliphatic heterocycles. The van der Waals surface area contributed by atoms with Crippen molar-refractivity contribution in [3.05, 3.63) is 117 Å². The smallest absolute Gasteiger partial charge is 0.276 e. The van der Waals surface area contributed by atoms with Crippen molar-refractivity contribution in [1.29, 1.82) is 0 Å². The Morgan fingerprint density at radius 2 is 1.79 bits per heavy atom. The first-order chi connectivity index (χ1) is 20.6. The number of amides is 1. The highest BCUT2D eigenvalue weighted by atomic mass is 32.1. The molecule has 0 unspecified atom stereocenters. The molecule has 1 aliphatic rings. The number of carbonyl (C=O) groups excluding carboxylic acids is 2. The zero-order valence-corrected chi connectivity index (χ0v) is 23.7. The number of Topliss-reactive ketones (excluding diaryl/α,β-unsaturated/α-hetero) is 1. The van der Waals surface area contributed by atoms with Crippen molar-refractivity contribution in [1.82, 2.24) is 24.8 Å². The SMILES string of the molecule is O=C(Nc1nc2c(C(=O)Cc3nc4c(s3)CN(CCc3ccccc3)CC4)cccc2[nH]1)c1cc2ccccc2cn1. The van der Waals surface area contributed by atoms with E-state index in [2.05, 4.69) is 49.4 Å². The quantitative estimate of drug-likeness (QED) is 0.222. The number of rotatable bonds is 8. The average Bonchev–Trinajstić information content (AvgIpc) is 3.62. The largest absolute Gasteiger partial charge is 0.324 e. The van der Waals surface area contributed by atoms with Crippen LogP contribution in [0.1, 0.15) is 42.0 Å². The molecule has 42 heavy (non-hydrogen) atoms. The molecule has 0 radical (unpaired) electrons. The molecule has 9 heteroatoms. The standard InChI is InChI=1S/C33H28N6O2S/c40-28(18-30-35-25-14-16-39(20-29(25)42-30)15-13-21-7-2-1-3-8-21)24-11-6-12-26-31(24)37-33(36-26)38-32(41)27-17-22-9-4-5-10-23(22)19-34-27/h1-12,17,19H,13-16,18,20H2,(H2,36,37,38,41). The number of ketones is 1. The van der Waals surface area contributed by atoms with E-state index in [1.54, 1.807) is 29.7 Å². The van der Waals surface area contributed by atoms with Crippen LogP contribution in [0, 0.1) is 0 Å². The Morgan fingerprint density at radius 1 is 0.952 bits per heavy atom. The second-order valence-electron chi connectivity index (χ2n) is 10.5. The van der Waals surface area contributed by atoms with E-state index in [0.717, 1.165) is 53.9 Å². The van der Waals surface area contributed by atoms with E-state index >= 15 is 0 Å². The van der Waals surface area contributed by atoms with Gasteiger partial charge in [0.15, 0.2) is 5.78 Å². The lowest BCUT2D eigenvalue weighted by Crippen LogP contribution is -2.31. The molecule has 3 aromatic carbocycles. The number of aromatic nitrogens is 4. The highest BCUT2D eigenvalue weighted by Gasteiger charge is 2.23. The Hall–Kier alpha value is -4.73. The Morgan fingerprint density at radius 3 is 2.67 bits per heavy atom. The highest BCUT2D eigenvalue weighted by Crippen LogP contribution is 2.27. The Kier molecular flexibility index (Phi) is 7.03. The van der Waals surface area contributed by atoms with Crippen LogP contribution in [0.3, 0.4) is 0 Å². The van der Waals surface area contributed by atoms with E-state index in [9.17, 15) is 9.59 Å². The Balaban J connectivity index is 1.03. The second-order valence-corrected chi connectivity index (χ2v) is 11.7. The molecule has 0 aliphatic carbocycles. The number of nitrogens with zero attached hydrogens (tertiary/aromatic N) is 4. The fourth-order valence-electron chi connectivity index (χ4n) is 5.43. The maximum Gasteiger partial charge on any atom is 0.276 e. The lowest BCUT2D eigenvalue weighted by Gasteiger charge is -2.25. The number of para-hydroxylation sites is 1. The molecule has 208 valence electrons. The molecule has 0 fully saturated rings. The van der Waals surface area contributed by atoms with Crippen LogP contribution in [-0.2, 0) is 25.8 Å². The van der Waals surface area contributed by atoms with Gasteiger partial charge in [-0.15, -0.1) is 11.3 Å². The van der Waals surface area contributed by atoms with Crippen LogP contribution in [0.25, 0.3) is 21.8 Å². The molecule has 4 heterocycles. The van der Waals surface area contributed by atoms with Crippen molar-refractivity contribution in [3.8, 4) is 0 Å². The van der Waals surface area contributed by atoms with Gasteiger partial charge in [0.1, 0.15) is 16.2 Å². The second kappa shape index (κ2) is 11.3. The molecule has 0 bridgehead atoms. The van der Waals surface area contributed by atoms with E-state index in [4.69, 9.17) is 4.98 Å². The molecule has 0 saturated carbocycles. The number of nitrogens with one attached hydrogen (secondary N) is 2. The van der Waals surface area contributed by atoms with Gasteiger partial charge in [0.25, 0.3) is 5.91 Å². The minimum absolute atomic E-state index is 0.0480. The summed E-state index contributed by atoms with van der Waals surface area (Å²) in [5.74, 6) is -0.155. The Labute approximate surface area is 246 Å². The van der Waals surface area contributed by atoms with E-state index in [0.29, 0.717) is 16.6 Å². The van der Waals surface area contributed by atoms with Crippen LogP contribution < -0.4 is 5.32 Å². The van der Waals surface area contributed by atoms with E-state index in [1.807, 2.05) is 42.5 Å². The molecule has 2 N–H and O–H groups in total. The monoisotopic (exact) mass is 572 g/mol. The van der Waals surface area contributed by atoms with Gasteiger partial charge in [-0.05, 0) is 35.6 Å². The van der Waals surface area contributed by atoms with Gasteiger partial charge in [-0.25, -0.2) is 9.97 Å². The molecular formula is C33H28N6O2S. The summed E-state index contributed by atoms with van der Waals surface area (Å²) in [4.78, 5) is 46.9. The van der Waals surface area contributed by atoms with E-state index < -0.39 is 0 Å². The summed E-state index contributed by atoms with van der Waals surface area (Å²) in [6, 6.07) is 25.5. The minimum Gasteiger partial charge on any atom is -0.324 e. The van der Waals surface area contributed by atoms with Gasteiger partial charge < -0.3 is 4.98 Å². The van der Waals surface area contributed by atoms with Gasteiger partial charge in [-0.3, -0.25) is 24.8 Å². The fraction of sp³-hybridized carbons (Fsp3) is 0.182. The lowest BCUT2D eigenvalue weighted by molar-refractivity contribution is 0.0992. The van der Waals surface area contributed by atoms with Crippen LogP contribution in [0.15, 0.2) is 85.1 Å². The first-order valence-corrected chi connectivity index (χ1v) is 14.8. The molecule has 3 aromatic heterocycles. The number of thiazole rings is 1. The maximum absolute atomic E-state index is 13.4. The zero-order valence-electron chi connectivity index (χ0n) is 22.8. The number of imidazole rings is 1. The van der Waals surface area contributed by atoms with Crippen LogP contribution in [0.5, 0.6) is 0 Å². The molecular weight excluding hydrogens is 544 g/mol. The zero-order chi connectivity index (χ0) is 28.5. The number of pyridine rings is 1. The lowest BCUT2D eigenvalue weighted by atomic mass is 10.1. The van der Waals surface area contributed by atoms with Gasteiger partial charge in [0.05, 0.1) is 17.6 Å². The van der Waals surface area contributed by atoms with Gasteiger partial charge in [0.2, 0.25) is 5.95 Å². The highest BCUT2D eigenvalue weighted by molar-refractivity contribution is 7.11.